The van der Waals surface area contributed by atoms with Gasteiger partial charge in [-0.3, -0.25) is 0 Å². The Morgan fingerprint density at radius 2 is 1.18 bits per heavy atom. The van der Waals surface area contributed by atoms with E-state index in [0.29, 0.717) is 0 Å². The van der Waals surface area contributed by atoms with E-state index in [9.17, 15) is 20.4 Å². The molecule has 0 spiro atoms. The Kier molecular flexibility index (Phi) is 7.75. The Labute approximate surface area is 99.7 Å². The van der Waals surface area contributed by atoms with Gasteiger partial charge in [-0.2, -0.15) is 0 Å². The predicted octanol–water partition coefficient (Wildman–Crippen LogP) is -3.45. The fourth-order valence-corrected chi connectivity index (χ4v) is 1.19. The number of ether oxygens (including phenoxy) is 2. The molecule has 104 valence electrons. The third-order valence-corrected chi connectivity index (χ3v) is 2.41. The maximum Gasteiger partial charge on any atom is 0.293 e. The molecule has 0 fully saturated rings. The first-order valence-electron chi connectivity index (χ1n) is 5.29. The van der Waals surface area contributed by atoms with E-state index >= 15 is 0 Å². The Morgan fingerprint density at radius 1 is 0.824 bits per heavy atom. The first-order chi connectivity index (χ1) is 8.05. The van der Waals surface area contributed by atoms with Crippen molar-refractivity contribution >= 4 is 0 Å². The summed E-state index contributed by atoms with van der Waals surface area (Å²) in [6.45, 7) is -2.12. The second-order valence-corrected chi connectivity index (χ2v) is 3.61. The fourth-order valence-electron chi connectivity index (χ4n) is 1.19. The van der Waals surface area contributed by atoms with Crippen molar-refractivity contribution in [1.82, 2.24) is 0 Å². The van der Waals surface area contributed by atoms with Crippen LogP contribution in [0.2, 0.25) is 0 Å². The van der Waals surface area contributed by atoms with Crippen LogP contribution in [0.5, 0.6) is 0 Å². The summed E-state index contributed by atoms with van der Waals surface area (Å²) >= 11 is 0. The van der Waals surface area contributed by atoms with Gasteiger partial charge in [0.15, 0.2) is 0 Å². The summed E-state index contributed by atoms with van der Waals surface area (Å²) in [6, 6.07) is 0. The molecule has 0 unspecified atom stereocenters. The highest BCUT2D eigenvalue weighted by atomic mass is 16.8. The van der Waals surface area contributed by atoms with Crippen molar-refractivity contribution in [2.75, 3.05) is 46.1 Å². The molecule has 8 nitrogen and oxygen atoms in total. The molecule has 0 rings (SSSR count). The SMILES string of the molecule is NCCOC(O)(OCCN)C(CO)(CO)CO. The van der Waals surface area contributed by atoms with Crippen LogP contribution in [-0.4, -0.2) is 72.5 Å². The lowest BCUT2D eigenvalue weighted by molar-refractivity contribution is -0.424. The minimum atomic E-state index is -2.34. The van der Waals surface area contributed by atoms with Gasteiger partial charge in [-0.25, -0.2) is 0 Å². The molecule has 0 bridgehead atoms. The van der Waals surface area contributed by atoms with Crippen LogP contribution in [0.25, 0.3) is 0 Å². The van der Waals surface area contributed by atoms with E-state index in [1.165, 1.54) is 0 Å². The minimum Gasteiger partial charge on any atom is -0.395 e. The molecular formula is C9H22N2O6. The van der Waals surface area contributed by atoms with Crippen LogP contribution in [0.3, 0.4) is 0 Å². The first kappa shape index (κ1) is 16.7. The molecule has 0 aromatic heterocycles. The minimum absolute atomic E-state index is 0.0666. The van der Waals surface area contributed by atoms with Gasteiger partial charge < -0.3 is 41.4 Å². The van der Waals surface area contributed by atoms with Crippen LogP contribution in [-0.2, 0) is 9.47 Å². The highest BCUT2D eigenvalue weighted by Crippen LogP contribution is 2.33. The summed E-state index contributed by atoms with van der Waals surface area (Å²) in [4.78, 5) is 0. The van der Waals surface area contributed by atoms with Gasteiger partial charge in [-0.05, 0) is 0 Å². The Bertz CT molecular complexity index is 184. The number of nitrogens with two attached hydrogens (primary N) is 2. The van der Waals surface area contributed by atoms with Crippen molar-refractivity contribution in [1.29, 1.82) is 0 Å². The molecule has 0 aliphatic heterocycles. The topological polar surface area (TPSA) is 151 Å². The van der Waals surface area contributed by atoms with Crippen LogP contribution >= 0.6 is 0 Å². The number of aliphatic hydroxyl groups is 4. The summed E-state index contributed by atoms with van der Waals surface area (Å²) < 4.78 is 9.98. The van der Waals surface area contributed by atoms with Crippen molar-refractivity contribution < 1.29 is 29.9 Å². The van der Waals surface area contributed by atoms with Crippen LogP contribution in [0.4, 0.5) is 0 Å². The van der Waals surface area contributed by atoms with Gasteiger partial charge in [-0.15, -0.1) is 0 Å². The van der Waals surface area contributed by atoms with E-state index in [2.05, 4.69) is 0 Å². The molecule has 0 aromatic carbocycles. The average molecular weight is 254 g/mol. The molecule has 0 amide bonds. The lowest BCUT2D eigenvalue weighted by atomic mass is 9.87. The van der Waals surface area contributed by atoms with Crippen LogP contribution in [0.15, 0.2) is 0 Å². The summed E-state index contributed by atoms with van der Waals surface area (Å²) in [5, 5.41) is 37.8. The van der Waals surface area contributed by atoms with Gasteiger partial charge in [0.1, 0.15) is 5.41 Å². The van der Waals surface area contributed by atoms with Crippen LogP contribution in [0.1, 0.15) is 0 Å². The highest BCUT2D eigenvalue weighted by molar-refractivity contribution is 4.86. The number of rotatable bonds is 10. The zero-order valence-corrected chi connectivity index (χ0v) is 9.71. The summed E-state index contributed by atoms with van der Waals surface area (Å²) in [5.41, 5.74) is 8.70. The van der Waals surface area contributed by atoms with Crippen molar-refractivity contribution in [3.63, 3.8) is 0 Å². The fraction of sp³-hybridized carbons (Fsp3) is 1.00. The van der Waals surface area contributed by atoms with Crippen molar-refractivity contribution in [3.8, 4) is 0 Å². The molecule has 0 saturated heterocycles. The second-order valence-electron chi connectivity index (χ2n) is 3.61. The number of hydrogen-bond acceptors (Lipinski definition) is 8. The van der Waals surface area contributed by atoms with E-state index in [0.717, 1.165) is 0 Å². The molecule has 0 radical (unpaired) electrons. The third-order valence-electron chi connectivity index (χ3n) is 2.41. The molecule has 8 heteroatoms. The second kappa shape index (κ2) is 7.90. The molecule has 0 aliphatic rings. The average Bonchev–Trinajstić information content (AvgIpc) is 2.36. The van der Waals surface area contributed by atoms with E-state index in [1.807, 2.05) is 0 Å². The predicted molar refractivity (Wildman–Crippen MR) is 58.7 cm³/mol. The lowest BCUT2D eigenvalue weighted by Gasteiger charge is -2.42. The van der Waals surface area contributed by atoms with E-state index in [-0.39, 0.29) is 26.3 Å². The smallest absolute Gasteiger partial charge is 0.293 e. The Morgan fingerprint density at radius 3 is 1.41 bits per heavy atom. The standard InChI is InChI=1S/C9H22N2O6/c10-1-3-16-9(15,17-4-2-11)8(5-12,6-13)7-14/h12-15H,1-7,10-11H2. The molecule has 0 atom stereocenters. The maximum atomic E-state index is 10.1. The molecular weight excluding hydrogens is 232 g/mol. The Hall–Kier alpha value is -0.320. The largest absolute Gasteiger partial charge is 0.395 e. The maximum absolute atomic E-state index is 10.1. The van der Waals surface area contributed by atoms with Gasteiger partial charge in [0.25, 0.3) is 5.97 Å². The molecule has 0 aromatic rings. The van der Waals surface area contributed by atoms with Gasteiger partial charge >= 0.3 is 0 Å². The molecule has 0 aliphatic carbocycles. The lowest BCUT2D eigenvalue weighted by Crippen LogP contribution is -2.59. The van der Waals surface area contributed by atoms with Gasteiger partial charge in [0.05, 0.1) is 33.0 Å². The van der Waals surface area contributed by atoms with Gasteiger partial charge in [-0.1, -0.05) is 0 Å². The normalized spacial score (nSPS) is 13.1. The van der Waals surface area contributed by atoms with Crippen molar-refractivity contribution in [2.45, 2.75) is 5.97 Å². The Balaban J connectivity index is 4.94. The van der Waals surface area contributed by atoms with E-state index in [4.69, 9.17) is 20.9 Å². The van der Waals surface area contributed by atoms with E-state index < -0.39 is 31.2 Å². The van der Waals surface area contributed by atoms with Crippen LogP contribution in [0, 0.1) is 5.41 Å². The number of aliphatic hydroxyl groups excluding tert-OH is 3. The quantitative estimate of drug-likeness (QED) is 0.220. The van der Waals surface area contributed by atoms with Crippen molar-refractivity contribution in [3.05, 3.63) is 0 Å². The summed E-state index contributed by atoms with van der Waals surface area (Å²) in [6.07, 6.45) is 0. The van der Waals surface area contributed by atoms with E-state index in [1.54, 1.807) is 0 Å². The molecule has 8 N–H and O–H groups in total. The van der Waals surface area contributed by atoms with Crippen molar-refractivity contribution in [2.24, 2.45) is 16.9 Å². The zero-order chi connectivity index (χ0) is 13.4. The van der Waals surface area contributed by atoms with Crippen LogP contribution < -0.4 is 11.5 Å². The third kappa shape index (κ3) is 3.83. The first-order valence-corrected chi connectivity index (χ1v) is 5.29. The summed E-state index contributed by atoms with van der Waals surface area (Å²) in [7, 11) is 0. The highest BCUT2D eigenvalue weighted by Gasteiger charge is 2.53. The monoisotopic (exact) mass is 254 g/mol. The van der Waals surface area contributed by atoms with Gasteiger partial charge in [0, 0.05) is 13.1 Å². The number of hydrogen-bond donors (Lipinski definition) is 6. The zero-order valence-electron chi connectivity index (χ0n) is 9.71. The molecule has 0 saturated carbocycles. The van der Waals surface area contributed by atoms with Gasteiger partial charge in [0.2, 0.25) is 0 Å². The molecule has 17 heavy (non-hydrogen) atoms. The summed E-state index contributed by atoms with van der Waals surface area (Å²) in [5.74, 6) is -2.34. The molecule has 0 heterocycles.